The lowest BCUT2D eigenvalue weighted by Gasteiger charge is -2.38. The van der Waals surface area contributed by atoms with Gasteiger partial charge in [-0.1, -0.05) is 19.8 Å². The molecular formula is C24H29NO4. The Morgan fingerprint density at radius 3 is 2.76 bits per heavy atom. The van der Waals surface area contributed by atoms with Gasteiger partial charge in [0.2, 0.25) is 0 Å². The molecule has 0 aliphatic heterocycles. The molecule has 0 unspecified atom stereocenters. The first-order valence-electron chi connectivity index (χ1n) is 10.6. The van der Waals surface area contributed by atoms with Gasteiger partial charge in [0.15, 0.2) is 0 Å². The maximum Gasteiger partial charge on any atom is 0.336 e. The van der Waals surface area contributed by atoms with Crippen molar-refractivity contribution < 1.29 is 13.6 Å². The van der Waals surface area contributed by atoms with Crippen LogP contribution in [0, 0.1) is 5.92 Å². The lowest BCUT2D eigenvalue weighted by atomic mass is 9.84. The summed E-state index contributed by atoms with van der Waals surface area (Å²) in [6.07, 6.45) is 6.67. The lowest BCUT2D eigenvalue weighted by molar-refractivity contribution is 0.0903. The first-order chi connectivity index (χ1) is 14.1. The maximum atomic E-state index is 12.2. The van der Waals surface area contributed by atoms with Crippen LogP contribution in [0.4, 0.5) is 0 Å². The number of rotatable bonds is 7. The van der Waals surface area contributed by atoms with E-state index in [2.05, 4.69) is 11.8 Å². The zero-order chi connectivity index (χ0) is 20.2. The molecule has 2 aromatic heterocycles. The number of benzene rings is 1. The minimum Gasteiger partial charge on any atom is -0.494 e. The summed E-state index contributed by atoms with van der Waals surface area (Å²) in [5.74, 6) is 2.35. The standard InChI is InChI=1S/C24H29NO4/c1-3-27-19-10-11-23-21(14-19)18(13-24(26)29-23)15-25(16-20-8-6-12-28-20)22-9-5-4-7-17(22)2/h6,8,10-14,17,22H,3-5,7,9,15-16H2,1-2H3/t17-,22+/m1/s1. The summed E-state index contributed by atoms with van der Waals surface area (Å²) in [6, 6.07) is 11.7. The fraction of sp³-hybridized carbons (Fsp3) is 0.458. The van der Waals surface area contributed by atoms with Crippen LogP contribution in [0.2, 0.25) is 0 Å². The molecule has 0 amide bonds. The Balaban J connectivity index is 1.71. The average Bonchev–Trinajstić information content (AvgIpc) is 3.21. The van der Waals surface area contributed by atoms with Crippen molar-refractivity contribution in [3.05, 3.63) is 64.4 Å². The molecule has 4 rings (SSSR count). The first-order valence-corrected chi connectivity index (χ1v) is 10.6. The number of nitrogens with zero attached hydrogens (tertiary/aromatic N) is 1. The summed E-state index contributed by atoms with van der Waals surface area (Å²) >= 11 is 0. The predicted molar refractivity (Wildman–Crippen MR) is 113 cm³/mol. The van der Waals surface area contributed by atoms with E-state index in [9.17, 15) is 4.79 Å². The van der Waals surface area contributed by atoms with E-state index in [-0.39, 0.29) is 5.63 Å². The molecule has 1 saturated carbocycles. The van der Waals surface area contributed by atoms with E-state index in [1.807, 2.05) is 37.3 Å². The van der Waals surface area contributed by atoms with Gasteiger partial charge in [-0.15, -0.1) is 0 Å². The highest BCUT2D eigenvalue weighted by atomic mass is 16.5. The fourth-order valence-electron chi connectivity index (χ4n) is 4.55. The minimum atomic E-state index is -0.314. The van der Waals surface area contributed by atoms with Gasteiger partial charge in [0.1, 0.15) is 17.1 Å². The molecule has 154 valence electrons. The Morgan fingerprint density at radius 1 is 1.14 bits per heavy atom. The lowest BCUT2D eigenvalue weighted by Crippen LogP contribution is -2.40. The van der Waals surface area contributed by atoms with Crippen LogP contribution in [-0.2, 0) is 13.1 Å². The molecule has 0 radical (unpaired) electrons. The van der Waals surface area contributed by atoms with Crippen LogP contribution < -0.4 is 10.4 Å². The third-order valence-electron chi connectivity index (χ3n) is 5.96. The fourth-order valence-corrected chi connectivity index (χ4v) is 4.55. The zero-order valence-corrected chi connectivity index (χ0v) is 17.2. The van der Waals surface area contributed by atoms with Crippen LogP contribution >= 0.6 is 0 Å². The Labute approximate surface area is 171 Å². The molecule has 2 atom stereocenters. The highest BCUT2D eigenvalue weighted by molar-refractivity contribution is 5.81. The van der Waals surface area contributed by atoms with Crippen LogP contribution in [-0.4, -0.2) is 17.5 Å². The molecule has 5 heteroatoms. The van der Waals surface area contributed by atoms with Crippen LogP contribution in [0.15, 0.2) is 56.3 Å². The van der Waals surface area contributed by atoms with Crippen molar-refractivity contribution in [2.45, 2.75) is 58.7 Å². The Hall–Kier alpha value is -2.53. The van der Waals surface area contributed by atoms with E-state index in [0.29, 0.717) is 30.7 Å². The number of ether oxygens (including phenoxy) is 1. The van der Waals surface area contributed by atoms with Gasteiger partial charge in [0, 0.05) is 24.0 Å². The van der Waals surface area contributed by atoms with Crippen molar-refractivity contribution >= 4 is 11.0 Å². The van der Waals surface area contributed by atoms with Crippen LogP contribution in [0.25, 0.3) is 11.0 Å². The smallest absolute Gasteiger partial charge is 0.336 e. The molecule has 0 N–H and O–H groups in total. The molecule has 3 aromatic rings. The number of hydrogen-bond acceptors (Lipinski definition) is 5. The molecule has 5 nitrogen and oxygen atoms in total. The van der Waals surface area contributed by atoms with E-state index in [1.54, 1.807) is 12.3 Å². The van der Waals surface area contributed by atoms with Crippen molar-refractivity contribution in [2.24, 2.45) is 5.92 Å². The molecule has 0 spiro atoms. The second kappa shape index (κ2) is 8.87. The first kappa shape index (κ1) is 19.8. The Bertz CT molecular complexity index is 992. The summed E-state index contributed by atoms with van der Waals surface area (Å²) < 4.78 is 16.8. The largest absolute Gasteiger partial charge is 0.494 e. The van der Waals surface area contributed by atoms with E-state index in [4.69, 9.17) is 13.6 Å². The normalized spacial score (nSPS) is 19.7. The quantitative estimate of drug-likeness (QED) is 0.504. The van der Waals surface area contributed by atoms with Gasteiger partial charge < -0.3 is 13.6 Å². The van der Waals surface area contributed by atoms with Gasteiger partial charge >= 0.3 is 5.63 Å². The summed E-state index contributed by atoms with van der Waals surface area (Å²) in [6.45, 7) is 6.31. The third kappa shape index (κ3) is 4.56. The Kier molecular flexibility index (Phi) is 6.05. The predicted octanol–water partition coefficient (Wildman–Crippen LogP) is 5.37. The van der Waals surface area contributed by atoms with Gasteiger partial charge in [-0.25, -0.2) is 4.79 Å². The summed E-state index contributed by atoms with van der Waals surface area (Å²) in [5.41, 5.74) is 1.26. The molecule has 29 heavy (non-hydrogen) atoms. The second-order valence-electron chi connectivity index (χ2n) is 8.00. The molecular weight excluding hydrogens is 366 g/mol. The van der Waals surface area contributed by atoms with Crippen LogP contribution in [0.1, 0.15) is 50.9 Å². The third-order valence-corrected chi connectivity index (χ3v) is 5.96. The summed E-state index contributed by atoms with van der Waals surface area (Å²) in [4.78, 5) is 14.7. The highest BCUT2D eigenvalue weighted by Gasteiger charge is 2.28. The van der Waals surface area contributed by atoms with Crippen molar-refractivity contribution in [3.8, 4) is 5.75 Å². The highest BCUT2D eigenvalue weighted by Crippen LogP contribution is 2.32. The number of hydrogen-bond donors (Lipinski definition) is 0. The SMILES string of the molecule is CCOc1ccc2oc(=O)cc(CN(Cc3ccco3)[C@H]3CCCC[C@H]3C)c2c1. The summed E-state index contributed by atoms with van der Waals surface area (Å²) in [7, 11) is 0. The molecule has 1 fully saturated rings. The molecule has 0 saturated heterocycles. The van der Waals surface area contributed by atoms with Crippen LogP contribution in [0.3, 0.4) is 0 Å². The van der Waals surface area contributed by atoms with E-state index in [0.717, 1.165) is 29.0 Å². The number of furan rings is 1. The van der Waals surface area contributed by atoms with Crippen molar-refractivity contribution in [1.82, 2.24) is 4.90 Å². The average molecular weight is 395 g/mol. The molecule has 1 aliphatic rings. The monoisotopic (exact) mass is 395 g/mol. The molecule has 1 aromatic carbocycles. The maximum absolute atomic E-state index is 12.2. The van der Waals surface area contributed by atoms with Gasteiger partial charge in [-0.3, -0.25) is 4.90 Å². The Morgan fingerprint density at radius 2 is 2.00 bits per heavy atom. The van der Waals surface area contributed by atoms with Gasteiger partial charge in [-0.2, -0.15) is 0 Å². The van der Waals surface area contributed by atoms with Crippen molar-refractivity contribution in [3.63, 3.8) is 0 Å². The van der Waals surface area contributed by atoms with E-state index < -0.39 is 0 Å². The molecule has 1 aliphatic carbocycles. The van der Waals surface area contributed by atoms with E-state index >= 15 is 0 Å². The minimum absolute atomic E-state index is 0.314. The van der Waals surface area contributed by atoms with Gasteiger partial charge in [0.05, 0.1) is 19.4 Å². The van der Waals surface area contributed by atoms with Crippen molar-refractivity contribution in [2.75, 3.05) is 6.61 Å². The number of fused-ring (bicyclic) bond motifs is 1. The zero-order valence-electron chi connectivity index (χ0n) is 17.2. The van der Waals surface area contributed by atoms with Gasteiger partial charge in [0.25, 0.3) is 0 Å². The van der Waals surface area contributed by atoms with E-state index in [1.165, 1.54) is 25.7 Å². The second-order valence-corrected chi connectivity index (χ2v) is 8.00. The summed E-state index contributed by atoms with van der Waals surface area (Å²) in [5, 5.41) is 0.934. The van der Waals surface area contributed by atoms with Crippen molar-refractivity contribution in [1.29, 1.82) is 0 Å². The molecule has 2 heterocycles. The topological polar surface area (TPSA) is 55.8 Å². The molecule has 0 bridgehead atoms. The van der Waals surface area contributed by atoms with Crippen LogP contribution in [0.5, 0.6) is 5.75 Å². The van der Waals surface area contributed by atoms with Gasteiger partial charge in [-0.05, 0) is 61.6 Å².